The highest BCUT2D eigenvalue weighted by atomic mass is 35.5. The zero-order chi connectivity index (χ0) is 9.68. The maximum atomic E-state index is 13.0. The van der Waals surface area contributed by atoms with E-state index in [9.17, 15) is 4.39 Å². The number of aromatic nitrogens is 1. The minimum absolute atomic E-state index is 0.227. The molecule has 0 radical (unpaired) electrons. The van der Waals surface area contributed by atoms with Gasteiger partial charge < -0.3 is 4.74 Å². The number of ether oxygens (including phenoxy) is 1. The number of nitrogens with zero attached hydrogens (tertiary/aromatic N) is 1. The van der Waals surface area contributed by atoms with E-state index < -0.39 is 0 Å². The number of rotatable bonds is 4. The van der Waals surface area contributed by atoms with Gasteiger partial charge in [-0.3, -0.25) is 4.98 Å². The molecule has 0 aliphatic rings. The summed E-state index contributed by atoms with van der Waals surface area (Å²) in [6.07, 6.45) is 1.94. The molecule has 0 saturated carbocycles. The number of pyridine rings is 1. The van der Waals surface area contributed by atoms with E-state index in [4.69, 9.17) is 16.3 Å². The maximum Gasteiger partial charge on any atom is 0.144 e. The van der Waals surface area contributed by atoms with Gasteiger partial charge in [0.15, 0.2) is 0 Å². The Balaban J connectivity index is 2.58. The van der Waals surface area contributed by atoms with E-state index >= 15 is 0 Å². The van der Waals surface area contributed by atoms with Crippen LogP contribution in [0.2, 0.25) is 0 Å². The van der Waals surface area contributed by atoms with Gasteiger partial charge in [-0.05, 0) is 12.1 Å². The molecule has 0 amide bonds. The molecule has 0 saturated heterocycles. The average Bonchev–Trinajstić information content (AvgIpc) is 2.09. The fraction of sp³-hybridized carbons (Fsp3) is 0.444. The molecule has 0 N–H and O–H groups in total. The molecule has 0 aliphatic carbocycles. The molecule has 4 heteroatoms. The Morgan fingerprint density at radius 2 is 2.46 bits per heavy atom. The Hall–Kier alpha value is -0.670. The van der Waals surface area contributed by atoms with E-state index in [1.807, 2.05) is 0 Å². The molecule has 0 spiro atoms. The molecular formula is C9H11ClFNO. The summed E-state index contributed by atoms with van der Waals surface area (Å²) in [4.78, 5) is 3.89. The van der Waals surface area contributed by atoms with Gasteiger partial charge in [0.2, 0.25) is 0 Å². The van der Waals surface area contributed by atoms with Crippen LogP contribution < -0.4 is 0 Å². The summed E-state index contributed by atoms with van der Waals surface area (Å²) in [6.45, 7) is 0.400. The second-order valence-electron chi connectivity index (χ2n) is 2.69. The fourth-order valence-electron chi connectivity index (χ4n) is 1.02. The van der Waals surface area contributed by atoms with Crippen LogP contribution in [-0.2, 0) is 11.2 Å². The summed E-state index contributed by atoms with van der Waals surface area (Å²) >= 11 is 5.86. The van der Waals surface area contributed by atoms with E-state index in [0.29, 0.717) is 18.7 Å². The van der Waals surface area contributed by atoms with E-state index in [-0.39, 0.29) is 11.2 Å². The lowest BCUT2D eigenvalue weighted by Crippen LogP contribution is -2.12. The van der Waals surface area contributed by atoms with E-state index in [0.717, 1.165) is 0 Å². The van der Waals surface area contributed by atoms with Crippen molar-refractivity contribution in [3.8, 4) is 0 Å². The van der Waals surface area contributed by atoms with Crippen molar-refractivity contribution in [2.45, 2.75) is 11.8 Å². The smallest absolute Gasteiger partial charge is 0.144 e. The third kappa shape index (κ3) is 3.28. The molecule has 0 aromatic carbocycles. The minimum atomic E-state index is -0.316. The van der Waals surface area contributed by atoms with Gasteiger partial charge in [0.05, 0.1) is 17.7 Å². The molecule has 2 nitrogen and oxygen atoms in total. The highest BCUT2D eigenvalue weighted by Crippen LogP contribution is 2.09. The summed E-state index contributed by atoms with van der Waals surface area (Å²) < 4.78 is 17.9. The molecule has 1 rings (SSSR count). The van der Waals surface area contributed by atoms with Crippen molar-refractivity contribution in [3.63, 3.8) is 0 Å². The largest absolute Gasteiger partial charge is 0.383 e. The Kier molecular flexibility index (Phi) is 4.12. The SMILES string of the molecule is COCC(Cl)Cc1ncccc1F. The summed E-state index contributed by atoms with van der Waals surface area (Å²) in [7, 11) is 1.56. The van der Waals surface area contributed by atoms with Crippen LogP contribution in [0.3, 0.4) is 0 Å². The summed E-state index contributed by atoms with van der Waals surface area (Å²) in [6, 6.07) is 2.93. The molecular weight excluding hydrogens is 193 g/mol. The van der Waals surface area contributed by atoms with Gasteiger partial charge in [-0.25, -0.2) is 4.39 Å². The molecule has 1 aromatic rings. The van der Waals surface area contributed by atoms with Crippen LogP contribution in [0.25, 0.3) is 0 Å². The number of hydrogen-bond donors (Lipinski definition) is 0. The Morgan fingerprint density at radius 1 is 1.69 bits per heavy atom. The zero-order valence-corrected chi connectivity index (χ0v) is 8.09. The van der Waals surface area contributed by atoms with Crippen LogP contribution in [0, 0.1) is 5.82 Å². The first-order valence-electron chi connectivity index (χ1n) is 3.96. The first kappa shape index (κ1) is 10.4. The quantitative estimate of drug-likeness (QED) is 0.699. The predicted molar refractivity (Wildman–Crippen MR) is 49.4 cm³/mol. The van der Waals surface area contributed by atoms with Crippen LogP contribution in [0.1, 0.15) is 5.69 Å². The molecule has 1 atom stereocenters. The van der Waals surface area contributed by atoms with Gasteiger partial charge in [-0.1, -0.05) is 0 Å². The standard InChI is InChI=1S/C9H11ClFNO/c1-13-6-7(10)5-9-8(11)3-2-4-12-9/h2-4,7H,5-6H2,1H3. The lowest BCUT2D eigenvalue weighted by atomic mass is 10.2. The number of alkyl halides is 1. The first-order valence-corrected chi connectivity index (χ1v) is 4.40. The second kappa shape index (κ2) is 5.14. The predicted octanol–water partition coefficient (Wildman–Crippen LogP) is 2.02. The monoisotopic (exact) mass is 203 g/mol. The third-order valence-electron chi connectivity index (χ3n) is 1.60. The van der Waals surface area contributed by atoms with Crippen LogP contribution in [0.4, 0.5) is 4.39 Å². The van der Waals surface area contributed by atoms with Crippen molar-refractivity contribution in [3.05, 3.63) is 29.8 Å². The summed E-state index contributed by atoms with van der Waals surface area (Å²) in [5, 5.41) is -0.227. The normalized spacial score (nSPS) is 12.8. The minimum Gasteiger partial charge on any atom is -0.383 e. The summed E-state index contributed by atoms with van der Waals surface area (Å²) in [5.74, 6) is -0.316. The molecule has 1 unspecified atom stereocenters. The molecule has 72 valence electrons. The topological polar surface area (TPSA) is 22.1 Å². The lowest BCUT2D eigenvalue weighted by molar-refractivity contribution is 0.197. The molecule has 0 fully saturated rings. The van der Waals surface area contributed by atoms with E-state index in [1.54, 1.807) is 19.4 Å². The Labute approximate surface area is 81.7 Å². The molecule has 13 heavy (non-hydrogen) atoms. The van der Waals surface area contributed by atoms with Crippen molar-refractivity contribution < 1.29 is 9.13 Å². The number of methoxy groups -OCH3 is 1. The van der Waals surface area contributed by atoms with Crippen molar-refractivity contribution in [2.24, 2.45) is 0 Å². The van der Waals surface area contributed by atoms with Gasteiger partial charge in [0, 0.05) is 19.7 Å². The maximum absolute atomic E-state index is 13.0. The lowest BCUT2D eigenvalue weighted by Gasteiger charge is -2.07. The van der Waals surface area contributed by atoms with Gasteiger partial charge in [0.1, 0.15) is 5.82 Å². The van der Waals surface area contributed by atoms with Gasteiger partial charge in [-0.2, -0.15) is 0 Å². The molecule has 0 aliphatic heterocycles. The zero-order valence-electron chi connectivity index (χ0n) is 7.34. The van der Waals surface area contributed by atoms with Gasteiger partial charge in [-0.15, -0.1) is 11.6 Å². The van der Waals surface area contributed by atoms with Crippen molar-refractivity contribution in [1.29, 1.82) is 0 Å². The highest BCUT2D eigenvalue weighted by molar-refractivity contribution is 6.20. The molecule has 1 heterocycles. The third-order valence-corrected chi connectivity index (χ3v) is 1.88. The van der Waals surface area contributed by atoms with Crippen molar-refractivity contribution >= 4 is 11.6 Å². The van der Waals surface area contributed by atoms with Gasteiger partial charge in [0.25, 0.3) is 0 Å². The van der Waals surface area contributed by atoms with Crippen LogP contribution >= 0.6 is 11.6 Å². The Morgan fingerprint density at radius 3 is 3.08 bits per heavy atom. The van der Waals surface area contributed by atoms with Crippen molar-refractivity contribution in [1.82, 2.24) is 4.98 Å². The fourth-order valence-corrected chi connectivity index (χ4v) is 1.29. The van der Waals surface area contributed by atoms with Crippen LogP contribution in [0.5, 0.6) is 0 Å². The van der Waals surface area contributed by atoms with Crippen LogP contribution in [-0.4, -0.2) is 24.1 Å². The van der Waals surface area contributed by atoms with Crippen LogP contribution in [0.15, 0.2) is 18.3 Å². The number of hydrogen-bond acceptors (Lipinski definition) is 2. The highest BCUT2D eigenvalue weighted by Gasteiger charge is 2.09. The molecule has 0 bridgehead atoms. The Bertz CT molecular complexity index is 270. The average molecular weight is 204 g/mol. The van der Waals surface area contributed by atoms with Gasteiger partial charge >= 0.3 is 0 Å². The van der Waals surface area contributed by atoms with E-state index in [1.165, 1.54) is 6.07 Å². The van der Waals surface area contributed by atoms with E-state index in [2.05, 4.69) is 4.98 Å². The number of halogens is 2. The first-order chi connectivity index (χ1) is 6.24. The van der Waals surface area contributed by atoms with Crippen molar-refractivity contribution in [2.75, 3.05) is 13.7 Å². The second-order valence-corrected chi connectivity index (χ2v) is 3.31. The molecule has 1 aromatic heterocycles. The summed E-state index contributed by atoms with van der Waals surface area (Å²) in [5.41, 5.74) is 0.388.